The van der Waals surface area contributed by atoms with E-state index >= 15 is 0 Å². The van der Waals surface area contributed by atoms with Crippen molar-refractivity contribution in [3.63, 3.8) is 0 Å². The molecule has 1 aliphatic heterocycles. The number of aryl methyl sites for hydroxylation is 1. The molecular formula is C19H22N2O2S. The SMILES string of the molecule is Cc1cscc1CC1C(=O)N(C)C(Cc2ccccc2)C(=O)N1C. The van der Waals surface area contributed by atoms with Crippen LogP contribution < -0.4 is 0 Å². The Kier molecular flexibility index (Phi) is 4.71. The fourth-order valence-electron chi connectivity index (χ4n) is 3.20. The van der Waals surface area contributed by atoms with Gasteiger partial charge in [-0.2, -0.15) is 11.3 Å². The van der Waals surface area contributed by atoms with Gasteiger partial charge in [-0.05, 0) is 34.4 Å². The van der Waals surface area contributed by atoms with E-state index in [1.54, 1.807) is 35.2 Å². The lowest BCUT2D eigenvalue weighted by molar-refractivity contribution is -0.158. The summed E-state index contributed by atoms with van der Waals surface area (Å²) in [4.78, 5) is 29.0. The van der Waals surface area contributed by atoms with E-state index in [4.69, 9.17) is 0 Å². The zero-order valence-corrected chi connectivity index (χ0v) is 15.0. The normalized spacial score (nSPS) is 21.5. The van der Waals surface area contributed by atoms with Crippen LogP contribution in [-0.4, -0.2) is 47.8 Å². The summed E-state index contributed by atoms with van der Waals surface area (Å²) in [6.45, 7) is 2.04. The van der Waals surface area contributed by atoms with Crippen LogP contribution in [0.25, 0.3) is 0 Å². The molecule has 3 rings (SSSR count). The number of amides is 2. The van der Waals surface area contributed by atoms with Crippen molar-refractivity contribution in [3.8, 4) is 0 Å². The maximum atomic E-state index is 12.9. The molecule has 2 unspecified atom stereocenters. The van der Waals surface area contributed by atoms with Gasteiger partial charge in [0.25, 0.3) is 0 Å². The van der Waals surface area contributed by atoms with Crippen molar-refractivity contribution in [1.29, 1.82) is 0 Å². The third-order valence-corrected chi connectivity index (χ3v) is 5.76. The van der Waals surface area contributed by atoms with Gasteiger partial charge in [0.15, 0.2) is 0 Å². The quantitative estimate of drug-likeness (QED) is 0.857. The van der Waals surface area contributed by atoms with Crippen LogP contribution in [0.4, 0.5) is 0 Å². The molecule has 2 atom stereocenters. The van der Waals surface area contributed by atoms with E-state index < -0.39 is 12.1 Å². The van der Waals surface area contributed by atoms with Crippen LogP contribution in [0.15, 0.2) is 41.1 Å². The molecule has 2 amide bonds. The first-order valence-corrected chi connectivity index (χ1v) is 9.02. The Balaban J connectivity index is 1.80. The Labute approximate surface area is 146 Å². The average molecular weight is 342 g/mol. The first-order chi connectivity index (χ1) is 11.5. The topological polar surface area (TPSA) is 40.6 Å². The number of benzene rings is 1. The molecule has 1 aromatic carbocycles. The molecule has 0 spiro atoms. The van der Waals surface area contributed by atoms with Gasteiger partial charge in [-0.3, -0.25) is 9.59 Å². The smallest absolute Gasteiger partial charge is 0.246 e. The molecule has 24 heavy (non-hydrogen) atoms. The Morgan fingerprint density at radius 3 is 2.04 bits per heavy atom. The fraction of sp³-hybridized carbons (Fsp3) is 0.368. The van der Waals surface area contributed by atoms with Crippen LogP contribution in [0.5, 0.6) is 0 Å². The number of thiophene rings is 1. The van der Waals surface area contributed by atoms with Crippen molar-refractivity contribution in [1.82, 2.24) is 9.80 Å². The summed E-state index contributed by atoms with van der Waals surface area (Å²) in [5.41, 5.74) is 3.40. The van der Waals surface area contributed by atoms with Crippen molar-refractivity contribution in [3.05, 3.63) is 57.8 Å². The number of piperazine rings is 1. The van der Waals surface area contributed by atoms with E-state index in [0.717, 1.165) is 11.1 Å². The minimum atomic E-state index is -0.426. The van der Waals surface area contributed by atoms with Gasteiger partial charge < -0.3 is 9.80 Å². The molecule has 1 aromatic heterocycles. The summed E-state index contributed by atoms with van der Waals surface area (Å²) < 4.78 is 0. The Hall–Kier alpha value is -2.14. The van der Waals surface area contributed by atoms with Crippen LogP contribution >= 0.6 is 11.3 Å². The van der Waals surface area contributed by atoms with Crippen molar-refractivity contribution in [2.75, 3.05) is 14.1 Å². The van der Waals surface area contributed by atoms with Gasteiger partial charge in [0, 0.05) is 26.9 Å². The molecule has 0 radical (unpaired) electrons. The Morgan fingerprint density at radius 2 is 1.50 bits per heavy atom. The third-order valence-electron chi connectivity index (χ3n) is 4.85. The lowest BCUT2D eigenvalue weighted by Gasteiger charge is -2.42. The molecule has 1 fully saturated rings. The molecule has 0 saturated carbocycles. The number of carbonyl (C=O) groups is 2. The van der Waals surface area contributed by atoms with Crippen molar-refractivity contribution < 1.29 is 9.59 Å². The summed E-state index contributed by atoms with van der Waals surface area (Å²) in [6.07, 6.45) is 1.13. The molecule has 4 nitrogen and oxygen atoms in total. The lowest BCUT2D eigenvalue weighted by Crippen LogP contribution is -2.63. The second-order valence-corrected chi connectivity index (χ2v) is 7.15. The summed E-state index contributed by atoms with van der Waals surface area (Å²) in [5, 5.41) is 4.14. The lowest BCUT2D eigenvalue weighted by atomic mass is 9.95. The van der Waals surface area contributed by atoms with Crippen molar-refractivity contribution in [2.45, 2.75) is 31.8 Å². The second kappa shape index (κ2) is 6.77. The van der Waals surface area contributed by atoms with Crippen LogP contribution in [0.1, 0.15) is 16.7 Å². The van der Waals surface area contributed by atoms with Gasteiger partial charge >= 0.3 is 0 Å². The highest BCUT2D eigenvalue weighted by Crippen LogP contribution is 2.24. The molecule has 0 bridgehead atoms. The monoisotopic (exact) mass is 342 g/mol. The predicted molar refractivity (Wildman–Crippen MR) is 96.0 cm³/mol. The highest BCUT2D eigenvalue weighted by atomic mass is 32.1. The van der Waals surface area contributed by atoms with Gasteiger partial charge in [-0.25, -0.2) is 0 Å². The number of rotatable bonds is 4. The van der Waals surface area contributed by atoms with Crippen molar-refractivity contribution in [2.24, 2.45) is 0 Å². The molecule has 5 heteroatoms. The maximum Gasteiger partial charge on any atom is 0.246 e. The largest absolute Gasteiger partial charge is 0.332 e. The zero-order valence-electron chi connectivity index (χ0n) is 14.2. The molecular weight excluding hydrogens is 320 g/mol. The summed E-state index contributed by atoms with van der Waals surface area (Å²) in [6, 6.07) is 9.00. The summed E-state index contributed by atoms with van der Waals surface area (Å²) in [7, 11) is 3.49. The molecule has 1 aliphatic rings. The first kappa shape index (κ1) is 16.7. The van der Waals surface area contributed by atoms with Crippen LogP contribution in [0, 0.1) is 6.92 Å². The average Bonchev–Trinajstić information content (AvgIpc) is 2.99. The van der Waals surface area contributed by atoms with Crippen LogP contribution in [-0.2, 0) is 22.4 Å². The minimum Gasteiger partial charge on any atom is -0.332 e. The Morgan fingerprint density at radius 1 is 0.917 bits per heavy atom. The minimum absolute atomic E-state index is 0.0128. The van der Waals surface area contributed by atoms with E-state index in [-0.39, 0.29) is 11.8 Å². The van der Waals surface area contributed by atoms with E-state index in [0.29, 0.717) is 12.8 Å². The molecule has 1 saturated heterocycles. The maximum absolute atomic E-state index is 12.9. The number of hydrogen-bond donors (Lipinski definition) is 0. The van der Waals surface area contributed by atoms with Gasteiger partial charge in [-0.1, -0.05) is 30.3 Å². The standard InChI is InChI=1S/C19H22N2O2S/c1-13-11-24-12-15(13)10-17-19(23)20(2)16(18(22)21(17)3)9-14-7-5-4-6-8-14/h4-8,11-12,16-17H,9-10H2,1-3H3. The summed E-state index contributed by atoms with van der Waals surface area (Å²) in [5.74, 6) is 0.0301. The van der Waals surface area contributed by atoms with Crippen LogP contribution in [0.2, 0.25) is 0 Å². The van der Waals surface area contributed by atoms with Gasteiger partial charge in [0.1, 0.15) is 12.1 Å². The fourth-order valence-corrected chi connectivity index (χ4v) is 4.07. The molecule has 2 aromatic rings. The zero-order chi connectivity index (χ0) is 17.3. The first-order valence-electron chi connectivity index (χ1n) is 8.08. The predicted octanol–water partition coefficient (Wildman–Crippen LogP) is 2.51. The molecule has 0 aliphatic carbocycles. The van der Waals surface area contributed by atoms with Crippen molar-refractivity contribution >= 4 is 23.2 Å². The van der Waals surface area contributed by atoms with Gasteiger partial charge in [0.05, 0.1) is 0 Å². The van der Waals surface area contributed by atoms with E-state index in [1.165, 1.54) is 5.56 Å². The Bertz CT molecular complexity index is 741. The number of likely N-dealkylation sites (N-methyl/N-ethyl adjacent to an activating group) is 2. The highest BCUT2D eigenvalue weighted by Gasteiger charge is 2.42. The molecule has 0 N–H and O–H groups in total. The number of nitrogens with zero attached hydrogens (tertiary/aromatic N) is 2. The second-order valence-electron chi connectivity index (χ2n) is 6.40. The number of hydrogen-bond acceptors (Lipinski definition) is 3. The van der Waals surface area contributed by atoms with E-state index in [1.807, 2.05) is 37.3 Å². The number of carbonyl (C=O) groups excluding carboxylic acids is 2. The van der Waals surface area contributed by atoms with Gasteiger partial charge in [0.2, 0.25) is 11.8 Å². The molecule has 2 heterocycles. The van der Waals surface area contributed by atoms with E-state index in [2.05, 4.69) is 10.8 Å². The highest BCUT2D eigenvalue weighted by molar-refractivity contribution is 7.08. The summed E-state index contributed by atoms with van der Waals surface area (Å²) >= 11 is 1.63. The molecule has 126 valence electrons. The van der Waals surface area contributed by atoms with Crippen LogP contribution in [0.3, 0.4) is 0 Å². The van der Waals surface area contributed by atoms with Gasteiger partial charge in [-0.15, -0.1) is 0 Å². The van der Waals surface area contributed by atoms with E-state index in [9.17, 15) is 9.59 Å². The third kappa shape index (κ3) is 3.08.